The highest BCUT2D eigenvalue weighted by Crippen LogP contribution is 2.43. The number of aromatic hydroxyl groups is 1. The lowest BCUT2D eigenvalue weighted by molar-refractivity contribution is 0.240. The van der Waals surface area contributed by atoms with E-state index in [1.54, 1.807) is 17.0 Å². The summed E-state index contributed by atoms with van der Waals surface area (Å²) in [6, 6.07) is 12.8. The van der Waals surface area contributed by atoms with Crippen LogP contribution in [0.3, 0.4) is 0 Å². The molecule has 0 saturated carbocycles. The zero-order valence-electron chi connectivity index (χ0n) is 20.5. The van der Waals surface area contributed by atoms with Crippen LogP contribution in [-0.4, -0.2) is 77.2 Å². The Bertz CT molecular complexity index is 1560. The number of rotatable bonds is 4. The summed E-state index contributed by atoms with van der Waals surface area (Å²) in [5.74, 6) is -0.0523. The van der Waals surface area contributed by atoms with E-state index < -0.39 is 5.82 Å². The first kappa shape index (κ1) is 23.7. The van der Waals surface area contributed by atoms with E-state index >= 15 is 4.39 Å². The summed E-state index contributed by atoms with van der Waals surface area (Å²) < 4.78 is 16.5. The van der Waals surface area contributed by atoms with Gasteiger partial charge < -0.3 is 25.5 Å². The standard InChI is InChI=1S/C27H27ClFN7O/c1-34(2)16-12-36(13-16)27-32-24(15-10-35(11-15)26(30)31)20-9-21(28)22(23(29)25(20)33-27)19-8-17(37)7-14-5-3-4-6-18(14)19/h3-9,15-16,37H,10-13H2,1-2H3,(H3,30,31). The zero-order chi connectivity index (χ0) is 26.0. The number of nitrogens with zero attached hydrogens (tertiary/aromatic N) is 5. The Morgan fingerprint density at radius 1 is 1.11 bits per heavy atom. The summed E-state index contributed by atoms with van der Waals surface area (Å²) >= 11 is 6.75. The highest BCUT2D eigenvalue weighted by Gasteiger charge is 2.36. The van der Waals surface area contributed by atoms with E-state index in [0.717, 1.165) is 23.9 Å². The number of phenols is 1. The Morgan fingerprint density at radius 2 is 1.84 bits per heavy atom. The topological polar surface area (TPSA) is 106 Å². The van der Waals surface area contributed by atoms with Crippen molar-refractivity contribution in [2.75, 3.05) is 45.2 Å². The Morgan fingerprint density at radius 3 is 2.54 bits per heavy atom. The second kappa shape index (κ2) is 8.71. The molecule has 0 amide bonds. The Labute approximate surface area is 218 Å². The lowest BCUT2D eigenvalue weighted by Gasteiger charge is -2.43. The van der Waals surface area contributed by atoms with Crippen molar-refractivity contribution in [3.63, 3.8) is 0 Å². The molecule has 2 aliphatic heterocycles. The quantitative estimate of drug-likeness (QED) is 0.276. The third-order valence-electron chi connectivity index (χ3n) is 7.50. The van der Waals surface area contributed by atoms with Crippen molar-refractivity contribution in [3.05, 3.63) is 59.0 Å². The van der Waals surface area contributed by atoms with Crippen LogP contribution in [0.5, 0.6) is 5.75 Å². The summed E-state index contributed by atoms with van der Waals surface area (Å²) in [6.45, 7) is 2.56. The smallest absolute Gasteiger partial charge is 0.226 e. The fraction of sp³-hybridized carbons (Fsp3) is 0.296. The number of likely N-dealkylation sites (tertiary alicyclic amines) is 1. The van der Waals surface area contributed by atoms with Crippen molar-refractivity contribution in [2.45, 2.75) is 12.0 Å². The minimum Gasteiger partial charge on any atom is -0.508 e. The molecular weight excluding hydrogens is 493 g/mol. The van der Waals surface area contributed by atoms with E-state index in [1.807, 2.05) is 43.3 Å². The molecule has 0 radical (unpaired) electrons. The molecule has 2 saturated heterocycles. The molecule has 2 aliphatic rings. The minimum atomic E-state index is -0.546. The normalized spacial score (nSPS) is 16.5. The second-order valence-electron chi connectivity index (χ2n) is 10.1. The van der Waals surface area contributed by atoms with Crippen LogP contribution in [-0.2, 0) is 0 Å². The third-order valence-corrected chi connectivity index (χ3v) is 7.80. The van der Waals surface area contributed by atoms with Crippen LogP contribution in [0.15, 0.2) is 42.5 Å². The molecule has 3 aromatic carbocycles. The number of benzene rings is 3. The van der Waals surface area contributed by atoms with Gasteiger partial charge >= 0.3 is 0 Å². The van der Waals surface area contributed by atoms with E-state index in [0.29, 0.717) is 41.7 Å². The van der Waals surface area contributed by atoms with Crippen molar-refractivity contribution < 1.29 is 9.50 Å². The molecule has 1 aromatic heterocycles. The van der Waals surface area contributed by atoms with Gasteiger partial charge in [-0.3, -0.25) is 5.41 Å². The average Bonchev–Trinajstić information content (AvgIpc) is 2.77. The van der Waals surface area contributed by atoms with Crippen LogP contribution in [0.25, 0.3) is 32.8 Å². The number of nitrogens with one attached hydrogen (secondary N) is 1. The largest absolute Gasteiger partial charge is 0.508 e. The lowest BCUT2D eigenvalue weighted by Crippen LogP contribution is -2.58. The fourth-order valence-electron chi connectivity index (χ4n) is 5.20. The molecule has 4 aromatic rings. The predicted octanol–water partition coefficient (Wildman–Crippen LogP) is 3.99. The number of phenolic OH excluding ortho intramolecular Hbond substituents is 1. The zero-order valence-corrected chi connectivity index (χ0v) is 21.3. The molecule has 0 unspecified atom stereocenters. The molecule has 6 rings (SSSR count). The van der Waals surface area contributed by atoms with Gasteiger partial charge in [0.05, 0.1) is 10.7 Å². The summed E-state index contributed by atoms with van der Waals surface area (Å²) in [5, 5.41) is 20.4. The summed E-state index contributed by atoms with van der Waals surface area (Å²) in [5.41, 5.74) is 7.26. The van der Waals surface area contributed by atoms with Crippen LogP contribution in [0.4, 0.5) is 10.3 Å². The van der Waals surface area contributed by atoms with E-state index in [9.17, 15) is 5.11 Å². The van der Waals surface area contributed by atoms with Gasteiger partial charge in [0, 0.05) is 49.1 Å². The molecular formula is C27H27ClFN7O. The maximum Gasteiger partial charge on any atom is 0.226 e. The maximum absolute atomic E-state index is 16.5. The average molecular weight is 520 g/mol. The van der Waals surface area contributed by atoms with Crippen LogP contribution < -0.4 is 10.6 Å². The number of aromatic nitrogens is 2. The van der Waals surface area contributed by atoms with Crippen LogP contribution in [0, 0.1) is 11.2 Å². The summed E-state index contributed by atoms with van der Waals surface area (Å²) in [4.78, 5) is 15.5. The number of anilines is 1. The van der Waals surface area contributed by atoms with Gasteiger partial charge in [0.2, 0.25) is 5.95 Å². The first-order valence-corrected chi connectivity index (χ1v) is 12.5. The fourth-order valence-corrected chi connectivity index (χ4v) is 5.49. The first-order valence-electron chi connectivity index (χ1n) is 12.1. The number of hydrogen-bond donors (Lipinski definition) is 3. The van der Waals surface area contributed by atoms with E-state index in [1.165, 1.54) is 6.07 Å². The molecule has 0 atom stereocenters. The maximum atomic E-state index is 16.5. The minimum absolute atomic E-state index is 0.00802. The molecule has 190 valence electrons. The van der Waals surface area contributed by atoms with Gasteiger partial charge in [-0.25, -0.2) is 14.4 Å². The predicted molar refractivity (Wildman–Crippen MR) is 145 cm³/mol. The van der Waals surface area contributed by atoms with Crippen LogP contribution in [0.1, 0.15) is 11.6 Å². The monoisotopic (exact) mass is 519 g/mol. The van der Waals surface area contributed by atoms with E-state index in [4.69, 9.17) is 32.7 Å². The van der Waals surface area contributed by atoms with Gasteiger partial charge in [-0.15, -0.1) is 0 Å². The van der Waals surface area contributed by atoms with Crippen molar-refractivity contribution >= 4 is 45.2 Å². The highest BCUT2D eigenvalue weighted by atomic mass is 35.5. The number of likely N-dealkylation sites (N-methyl/N-ethyl adjacent to an activating group) is 1. The van der Waals surface area contributed by atoms with Crippen molar-refractivity contribution in [2.24, 2.45) is 5.73 Å². The third kappa shape index (κ3) is 3.89. The number of halogens is 2. The SMILES string of the molecule is CN(C)C1CN(c2nc(C3CN(C(=N)N)C3)c3cc(Cl)c(-c4cc(O)cc5ccccc45)c(F)c3n2)C1. The van der Waals surface area contributed by atoms with Gasteiger partial charge in [-0.2, -0.15) is 0 Å². The number of fused-ring (bicyclic) bond motifs is 2. The van der Waals surface area contributed by atoms with Crippen molar-refractivity contribution in [3.8, 4) is 16.9 Å². The first-order chi connectivity index (χ1) is 17.7. The molecule has 0 aliphatic carbocycles. The molecule has 3 heterocycles. The van der Waals surface area contributed by atoms with Gasteiger partial charge in [0.15, 0.2) is 11.8 Å². The highest BCUT2D eigenvalue weighted by molar-refractivity contribution is 6.34. The molecule has 0 spiro atoms. The van der Waals surface area contributed by atoms with Crippen molar-refractivity contribution in [1.82, 2.24) is 19.8 Å². The van der Waals surface area contributed by atoms with Crippen LogP contribution >= 0.6 is 11.6 Å². The molecule has 0 bridgehead atoms. The Kier molecular flexibility index (Phi) is 5.58. The molecule has 2 fully saturated rings. The number of hydrogen-bond acceptors (Lipinski definition) is 6. The Balaban J connectivity index is 1.54. The molecule has 8 nitrogen and oxygen atoms in total. The van der Waals surface area contributed by atoms with E-state index in [2.05, 4.69) is 4.90 Å². The van der Waals surface area contributed by atoms with Crippen LogP contribution in [0.2, 0.25) is 5.02 Å². The second-order valence-corrected chi connectivity index (χ2v) is 10.5. The molecule has 10 heteroatoms. The molecule has 4 N–H and O–H groups in total. The van der Waals surface area contributed by atoms with Gasteiger partial charge in [-0.1, -0.05) is 35.9 Å². The number of nitrogens with two attached hydrogens (primary N) is 1. The lowest BCUT2D eigenvalue weighted by atomic mass is 9.91. The molecule has 37 heavy (non-hydrogen) atoms. The van der Waals surface area contributed by atoms with E-state index in [-0.39, 0.29) is 33.7 Å². The summed E-state index contributed by atoms with van der Waals surface area (Å²) in [7, 11) is 4.07. The van der Waals surface area contributed by atoms with Gasteiger partial charge in [0.1, 0.15) is 11.3 Å². The number of guanidine groups is 1. The van der Waals surface area contributed by atoms with Gasteiger partial charge in [-0.05, 0) is 48.6 Å². The van der Waals surface area contributed by atoms with Gasteiger partial charge in [0.25, 0.3) is 0 Å². The Hall–Kier alpha value is -3.69. The van der Waals surface area contributed by atoms with Crippen molar-refractivity contribution in [1.29, 1.82) is 5.41 Å². The summed E-state index contributed by atoms with van der Waals surface area (Å²) in [6.07, 6.45) is 0.